The summed E-state index contributed by atoms with van der Waals surface area (Å²) in [4.78, 5) is 10.9. The number of rotatable bonds is 6. The molecule has 0 saturated carbocycles. The molecule has 0 aliphatic rings. The fourth-order valence-electron chi connectivity index (χ4n) is 4.01. The molecule has 0 atom stereocenters. The molecule has 5 heteroatoms. The van der Waals surface area contributed by atoms with Crippen molar-refractivity contribution in [2.45, 2.75) is 6.16 Å². The van der Waals surface area contributed by atoms with Gasteiger partial charge >= 0.3 is 181 Å². The van der Waals surface area contributed by atoms with Gasteiger partial charge in [0, 0.05) is 0 Å². The van der Waals surface area contributed by atoms with Crippen LogP contribution in [0.2, 0.25) is 0 Å². The Labute approximate surface area is 180 Å². The van der Waals surface area contributed by atoms with Gasteiger partial charge in [0.2, 0.25) is 0 Å². The molecule has 0 bridgehead atoms. The van der Waals surface area contributed by atoms with Crippen LogP contribution in [0.15, 0.2) is 115 Å². The molecule has 0 aliphatic heterocycles. The van der Waals surface area contributed by atoms with Crippen LogP contribution < -0.4 is 15.9 Å². The maximum atomic E-state index is 11.3. The molecule has 150 valence electrons. The second-order valence-electron chi connectivity index (χ2n) is 7.27. The topological polar surface area (TPSA) is 43.1 Å². The van der Waals surface area contributed by atoms with E-state index in [1.807, 2.05) is 66.7 Å². The summed E-state index contributed by atoms with van der Waals surface area (Å²) in [6.45, 7) is 0. The minimum absolute atomic E-state index is 0.0568. The Kier molecular flexibility index (Phi) is 5.42. The van der Waals surface area contributed by atoms with Gasteiger partial charge in [-0.05, 0) is 0 Å². The van der Waals surface area contributed by atoms with Crippen molar-refractivity contribution in [1.82, 2.24) is 0 Å². The quantitative estimate of drug-likeness (QED) is 0.220. The molecule has 4 aromatic rings. The predicted molar refractivity (Wildman–Crippen MR) is 128 cm³/mol. The second-order valence-corrected chi connectivity index (χ2v) is 13.7. The predicted octanol–water partition coefficient (Wildman–Crippen LogP) is 5.78. The van der Waals surface area contributed by atoms with Gasteiger partial charge in [0.1, 0.15) is 0 Å². The number of halogens is 1. The minimum atomic E-state index is -3.49. The number of benzene rings is 4. The normalized spacial score (nSPS) is 12.6. The first-order valence-electron chi connectivity index (χ1n) is 9.65. The second kappa shape index (κ2) is 8.02. The summed E-state index contributed by atoms with van der Waals surface area (Å²) in [7, 11) is 0. The van der Waals surface area contributed by atoms with E-state index in [1.54, 1.807) is 12.1 Å². The zero-order chi connectivity index (χ0) is 21.1. The number of hydrogen-bond donors (Lipinski definition) is 0. The van der Waals surface area contributed by atoms with E-state index >= 15 is 0 Å². The number of nitro benzene ring substituents is 1. The summed E-state index contributed by atoms with van der Waals surface area (Å²) in [6.07, 6.45) is 0.611. The Bertz CT molecular complexity index is 1110. The van der Waals surface area contributed by atoms with Crippen LogP contribution >= 0.6 is 17.2 Å². The van der Waals surface area contributed by atoms with Crippen molar-refractivity contribution in [2.24, 2.45) is 0 Å². The van der Waals surface area contributed by atoms with E-state index in [4.69, 9.17) is 11.2 Å². The third-order valence-electron chi connectivity index (χ3n) is 5.51. The van der Waals surface area contributed by atoms with Gasteiger partial charge in [-0.25, -0.2) is 0 Å². The Balaban J connectivity index is 2.07. The molecule has 3 nitrogen and oxygen atoms in total. The number of hydrogen-bond acceptors (Lipinski definition) is 2. The van der Waals surface area contributed by atoms with E-state index in [2.05, 4.69) is 36.4 Å². The maximum absolute atomic E-state index is 11.3. The van der Waals surface area contributed by atoms with E-state index in [1.165, 1.54) is 0 Å². The Hall–Kier alpha value is -3.00. The summed E-state index contributed by atoms with van der Waals surface area (Å²) in [5.74, 6) is -3.49. The van der Waals surface area contributed by atoms with Gasteiger partial charge in [-0.2, -0.15) is 0 Å². The molecular weight excluding hydrogens is 413 g/mol. The van der Waals surface area contributed by atoms with E-state index in [0.717, 1.165) is 21.5 Å². The molecule has 0 fully saturated rings. The van der Waals surface area contributed by atoms with E-state index in [-0.39, 0.29) is 10.6 Å². The van der Waals surface area contributed by atoms with Crippen molar-refractivity contribution < 1.29 is 4.92 Å². The molecule has 0 heterocycles. The Morgan fingerprint density at radius 1 is 0.633 bits per heavy atom. The zero-order valence-corrected chi connectivity index (χ0v) is 17.9. The van der Waals surface area contributed by atoms with Gasteiger partial charge in [0.15, 0.2) is 0 Å². The molecular formula is C25H21ClNO2P. The van der Waals surface area contributed by atoms with Gasteiger partial charge in [0.25, 0.3) is 0 Å². The third kappa shape index (κ3) is 3.41. The van der Waals surface area contributed by atoms with Crippen LogP contribution in [0.1, 0.15) is 5.56 Å². The molecule has 0 spiro atoms. The van der Waals surface area contributed by atoms with Crippen LogP contribution in [0.25, 0.3) is 0 Å². The van der Waals surface area contributed by atoms with Gasteiger partial charge in [-0.1, -0.05) is 0 Å². The number of nitrogens with zero attached hydrogens (tertiary/aromatic N) is 1. The standard InChI is InChI=1S/C25H21ClNO2P/c26-30(23-12-6-2-7-13-23,24-14-8-3-9-15-24,20-21-10-4-1-5-11-21)25-18-16-22(17-19-25)27(28)29/h1-19H,20H2. The van der Waals surface area contributed by atoms with Crippen molar-refractivity contribution >= 4 is 38.8 Å². The van der Waals surface area contributed by atoms with Gasteiger partial charge in [-0.15, -0.1) is 0 Å². The van der Waals surface area contributed by atoms with Crippen molar-refractivity contribution in [3.63, 3.8) is 0 Å². The molecule has 0 N–H and O–H groups in total. The van der Waals surface area contributed by atoms with Crippen molar-refractivity contribution in [3.05, 3.63) is 131 Å². The summed E-state index contributed by atoms with van der Waals surface area (Å²) in [5, 5.41) is 14.2. The van der Waals surface area contributed by atoms with Crippen molar-refractivity contribution in [3.8, 4) is 0 Å². The van der Waals surface area contributed by atoms with Crippen LogP contribution in [-0.2, 0) is 6.16 Å². The van der Waals surface area contributed by atoms with E-state index < -0.39 is 5.96 Å². The summed E-state index contributed by atoms with van der Waals surface area (Å²) >= 11 is 8.00. The van der Waals surface area contributed by atoms with Gasteiger partial charge in [0.05, 0.1) is 0 Å². The monoisotopic (exact) mass is 433 g/mol. The van der Waals surface area contributed by atoms with Crippen LogP contribution in [0.4, 0.5) is 5.69 Å². The van der Waals surface area contributed by atoms with Crippen LogP contribution in [0.5, 0.6) is 0 Å². The first-order valence-corrected chi connectivity index (χ1v) is 13.0. The number of nitro groups is 1. The molecule has 0 aromatic heterocycles. The third-order valence-corrected chi connectivity index (χ3v) is 12.7. The molecule has 0 radical (unpaired) electrons. The SMILES string of the molecule is O=[N+]([O-])c1ccc(P(Cl)(Cc2ccccc2)(c2ccccc2)c2ccccc2)cc1. The van der Waals surface area contributed by atoms with Crippen LogP contribution in [-0.4, -0.2) is 4.92 Å². The Morgan fingerprint density at radius 2 is 1.03 bits per heavy atom. The fraction of sp³-hybridized carbons (Fsp3) is 0.0400. The summed E-state index contributed by atoms with van der Waals surface area (Å²) in [5.41, 5.74) is 1.18. The summed E-state index contributed by atoms with van der Waals surface area (Å²) < 4.78 is 0. The molecule has 0 unspecified atom stereocenters. The molecule has 0 saturated heterocycles. The first kappa shape index (κ1) is 20.3. The molecule has 0 amide bonds. The van der Waals surface area contributed by atoms with Crippen LogP contribution in [0, 0.1) is 10.1 Å². The van der Waals surface area contributed by atoms with E-state index in [9.17, 15) is 10.1 Å². The van der Waals surface area contributed by atoms with Crippen molar-refractivity contribution in [1.29, 1.82) is 0 Å². The average molecular weight is 434 g/mol. The fourth-order valence-corrected chi connectivity index (χ4v) is 10.1. The average Bonchev–Trinajstić information content (AvgIpc) is 2.81. The first-order chi connectivity index (χ1) is 14.5. The molecule has 4 aromatic carbocycles. The molecule has 4 rings (SSSR count). The molecule has 0 aliphatic carbocycles. The molecule has 30 heavy (non-hydrogen) atoms. The van der Waals surface area contributed by atoms with Gasteiger partial charge < -0.3 is 0 Å². The van der Waals surface area contributed by atoms with Gasteiger partial charge in [-0.3, -0.25) is 0 Å². The summed E-state index contributed by atoms with van der Waals surface area (Å²) in [6, 6.07) is 37.2. The number of non-ortho nitro benzene ring substituents is 1. The Morgan fingerprint density at radius 3 is 1.47 bits per heavy atom. The van der Waals surface area contributed by atoms with Crippen LogP contribution in [0.3, 0.4) is 0 Å². The van der Waals surface area contributed by atoms with E-state index in [0.29, 0.717) is 6.16 Å². The van der Waals surface area contributed by atoms with Crippen molar-refractivity contribution in [2.75, 3.05) is 0 Å². The zero-order valence-electron chi connectivity index (χ0n) is 16.3.